The van der Waals surface area contributed by atoms with Crippen LogP contribution in [0.2, 0.25) is 0 Å². The molecule has 2 atom stereocenters. The minimum absolute atomic E-state index is 0.299. The van der Waals surface area contributed by atoms with Crippen LogP contribution >= 0.6 is 0 Å². The molecule has 11 heavy (non-hydrogen) atoms. The second-order valence-electron chi connectivity index (χ2n) is 2.95. The summed E-state index contributed by atoms with van der Waals surface area (Å²) in [4.78, 5) is 10.3. The van der Waals surface area contributed by atoms with Gasteiger partial charge in [-0.1, -0.05) is 0 Å². The number of aldehydes is 1. The van der Waals surface area contributed by atoms with E-state index in [2.05, 4.69) is 0 Å². The zero-order valence-electron chi connectivity index (χ0n) is 6.32. The second-order valence-corrected chi connectivity index (χ2v) is 2.95. The standard InChI is InChI=1S/C7H13NO3/c8-4-7(6(10)3-9)1-2-11-5-7/h3,6,10H,1-2,4-5,8H2. The number of ether oxygens (including phenoxy) is 1. The maximum absolute atomic E-state index is 10.3. The topological polar surface area (TPSA) is 72.5 Å². The number of aliphatic hydroxyl groups is 1. The van der Waals surface area contributed by atoms with Crippen LogP contribution in [0.25, 0.3) is 0 Å². The number of rotatable bonds is 3. The lowest BCUT2D eigenvalue weighted by atomic mass is 9.82. The molecule has 2 unspecified atom stereocenters. The summed E-state index contributed by atoms with van der Waals surface area (Å²) in [7, 11) is 0. The van der Waals surface area contributed by atoms with Crippen molar-refractivity contribution >= 4 is 6.29 Å². The zero-order chi connectivity index (χ0) is 8.32. The monoisotopic (exact) mass is 159 g/mol. The van der Waals surface area contributed by atoms with Crippen molar-refractivity contribution in [1.82, 2.24) is 0 Å². The highest BCUT2D eigenvalue weighted by molar-refractivity contribution is 5.57. The van der Waals surface area contributed by atoms with Gasteiger partial charge in [0.2, 0.25) is 0 Å². The molecular formula is C7H13NO3. The normalized spacial score (nSPS) is 33.6. The Bertz CT molecular complexity index is 143. The molecule has 0 aromatic heterocycles. The highest BCUT2D eigenvalue weighted by Gasteiger charge is 2.40. The molecule has 0 aliphatic carbocycles. The van der Waals surface area contributed by atoms with Gasteiger partial charge in [0.05, 0.1) is 6.61 Å². The van der Waals surface area contributed by atoms with Gasteiger partial charge in [-0.05, 0) is 6.42 Å². The molecule has 0 amide bonds. The number of carbonyl (C=O) groups excluding carboxylic acids is 1. The Labute approximate surface area is 65.3 Å². The molecule has 0 spiro atoms. The number of hydrogen-bond acceptors (Lipinski definition) is 4. The number of nitrogens with two attached hydrogens (primary N) is 1. The molecule has 64 valence electrons. The third kappa shape index (κ3) is 1.42. The van der Waals surface area contributed by atoms with Crippen molar-refractivity contribution in [2.24, 2.45) is 11.1 Å². The summed E-state index contributed by atoms with van der Waals surface area (Å²) >= 11 is 0. The molecule has 0 radical (unpaired) electrons. The van der Waals surface area contributed by atoms with Crippen LogP contribution in [0.15, 0.2) is 0 Å². The minimum atomic E-state index is -0.977. The van der Waals surface area contributed by atoms with Gasteiger partial charge in [-0.25, -0.2) is 0 Å². The maximum Gasteiger partial charge on any atom is 0.149 e. The van der Waals surface area contributed by atoms with Crippen molar-refractivity contribution < 1.29 is 14.6 Å². The van der Waals surface area contributed by atoms with Crippen LogP contribution in [-0.4, -0.2) is 37.3 Å². The van der Waals surface area contributed by atoms with Crippen molar-refractivity contribution in [3.63, 3.8) is 0 Å². The van der Waals surface area contributed by atoms with Gasteiger partial charge in [-0.2, -0.15) is 0 Å². The van der Waals surface area contributed by atoms with Gasteiger partial charge in [-0.3, -0.25) is 0 Å². The van der Waals surface area contributed by atoms with E-state index in [1.807, 2.05) is 0 Å². The number of hydrogen-bond donors (Lipinski definition) is 2. The van der Waals surface area contributed by atoms with Crippen molar-refractivity contribution in [1.29, 1.82) is 0 Å². The highest BCUT2D eigenvalue weighted by Crippen LogP contribution is 2.30. The highest BCUT2D eigenvalue weighted by atomic mass is 16.5. The van der Waals surface area contributed by atoms with Gasteiger partial charge in [-0.15, -0.1) is 0 Å². The van der Waals surface area contributed by atoms with E-state index in [1.54, 1.807) is 0 Å². The van der Waals surface area contributed by atoms with Crippen LogP contribution in [0.1, 0.15) is 6.42 Å². The lowest BCUT2D eigenvalue weighted by Crippen LogP contribution is -2.43. The minimum Gasteiger partial charge on any atom is -0.385 e. The fourth-order valence-electron chi connectivity index (χ4n) is 1.28. The third-order valence-corrected chi connectivity index (χ3v) is 2.30. The van der Waals surface area contributed by atoms with Crippen molar-refractivity contribution in [2.45, 2.75) is 12.5 Å². The molecule has 1 saturated heterocycles. The molecule has 0 bridgehead atoms. The van der Waals surface area contributed by atoms with E-state index in [0.29, 0.717) is 32.5 Å². The van der Waals surface area contributed by atoms with Gasteiger partial charge in [0.15, 0.2) is 0 Å². The van der Waals surface area contributed by atoms with Gasteiger partial charge < -0.3 is 20.4 Å². The first-order valence-corrected chi connectivity index (χ1v) is 3.66. The molecule has 0 aromatic rings. The van der Waals surface area contributed by atoms with Crippen LogP contribution in [0.3, 0.4) is 0 Å². The molecule has 1 aliphatic heterocycles. The largest absolute Gasteiger partial charge is 0.385 e. The van der Waals surface area contributed by atoms with Crippen molar-refractivity contribution in [3.8, 4) is 0 Å². The molecule has 1 aliphatic rings. The van der Waals surface area contributed by atoms with E-state index >= 15 is 0 Å². The first kappa shape index (κ1) is 8.64. The Balaban J connectivity index is 2.65. The zero-order valence-corrected chi connectivity index (χ0v) is 6.32. The molecule has 0 saturated carbocycles. The number of carbonyl (C=O) groups is 1. The summed E-state index contributed by atoms with van der Waals surface area (Å²) < 4.78 is 5.08. The summed E-state index contributed by atoms with van der Waals surface area (Å²) in [5.41, 5.74) is 4.93. The molecule has 4 heteroatoms. The lowest BCUT2D eigenvalue weighted by molar-refractivity contribution is -0.121. The fourth-order valence-corrected chi connectivity index (χ4v) is 1.28. The Morgan fingerprint density at radius 1 is 1.82 bits per heavy atom. The Kier molecular flexibility index (Phi) is 2.59. The molecular weight excluding hydrogens is 146 g/mol. The van der Waals surface area contributed by atoms with E-state index in [4.69, 9.17) is 10.5 Å². The van der Waals surface area contributed by atoms with Crippen molar-refractivity contribution in [3.05, 3.63) is 0 Å². The summed E-state index contributed by atoms with van der Waals surface area (Å²) in [5, 5.41) is 9.28. The van der Waals surface area contributed by atoms with E-state index in [9.17, 15) is 9.90 Å². The fraction of sp³-hybridized carbons (Fsp3) is 0.857. The predicted octanol–water partition coefficient (Wildman–Crippen LogP) is -1.09. The smallest absolute Gasteiger partial charge is 0.149 e. The quantitative estimate of drug-likeness (QED) is 0.513. The van der Waals surface area contributed by atoms with E-state index < -0.39 is 11.5 Å². The third-order valence-electron chi connectivity index (χ3n) is 2.30. The summed E-state index contributed by atoms with van der Waals surface area (Å²) in [6, 6.07) is 0. The summed E-state index contributed by atoms with van der Waals surface area (Å²) in [5.74, 6) is 0. The van der Waals surface area contributed by atoms with Gasteiger partial charge in [0.25, 0.3) is 0 Å². The Hall–Kier alpha value is -0.450. The van der Waals surface area contributed by atoms with Crippen LogP contribution in [-0.2, 0) is 9.53 Å². The second kappa shape index (κ2) is 3.30. The molecule has 3 N–H and O–H groups in total. The molecule has 1 heterocycles. The lowest BCUT2D eigenvalue weighted by Gasteiger charge is -2.27. The molecule has 0 aromatic carbocycles. The Morgan fingerprint density at radius 2 is 2.55 bits per heavy atom. The van der Waals surface area contributed by atoms with Crippen LogP contribution in [0.5, 0.6) is 0 Å². The summed E-state index contributed by atoms with van der Waals surface area (Å²) in [6.07, 6.45) is 0.222. The predicted molar refractivity (Wildman–Crippen MR) is 39.0 cm³/mol. The average molecular weight is 159 g/mol. The van der Waals surface area contributed by atoms with Gasteiger partial charge >= 0.3 is 0 Å². The molecule has 1 fully saturated rings. The van der Waals surface area contributed by atoms with E-state index in [-0.39, 0.29) is 0 Å². The number of aliphatic hydroxyl groups excluding tert-OH is 1. The average Bonchev–Trinajstić information content (AvgIpc) is 2.52. The van der Waals surface area contributed by atoms with Crippen LogP contribution < -0.4 is 5.73 Å². The van der Waals surface area contributed by atoms with Gasteiger partial charge in [0, 0.05) is 18.6 Å². The van der Waals surface area contributed by atoms with Crippen LogP contribution in [0, 0.1) is 5.41 Å². The van der Waals surface area contributed by atoms with Crippen LogP contribution in [0.4, 0.5) is 0 Å². The maximum atomic E-state index is 10.3. The van der Waals surface area contributed by atoms with E-state index in [1.165, 1.54) is 0 Å². The van der Waals surface area contributed by atoms with Gasteiger partial charge in [0.1, 0.15) is 12.4 Å². The Morgan fingerprint density at radius 3 is 2.91 bits per heavy atom. The SMILES string of the molecule is NCC1(C(O)C=O)CCOC1. The first-order valence-electron chi connectivity index (χ1n) is 3.66. The van der Waals surface area contributed by atoms with Crippen molar-refractivity contribution in [2.75, 3.05) is 19.8 Å². The van der Waals surface area contributed by atoms with E-state index in [0.717, 1.165) is 0 Å². The molecule has 1 rings (SSSR count). The first-order chi connectivity index (χ1) is 5.25. The molecule has 4 nitrogen and oxygen atoms in total. The summed E-state index contributed by atoms with van der Waals surface area (Å²) in [6.45, 7) is 1.28.